The van der Waals surface area contributed by atoms with Gasteiger partial charge < -0.3 is 0 Å². The first kappa shape index (κ1) is 15.1. The number of hydrogen-bond donors (Lipinski definition) is 1. The second-order valence-corrected chi connectivity index (χ2v) is 6.25. The minimum Gasteiger partial charge on any atom is -0.285 e. The summed E-state index contributed by atoms with van der Waals surface area (Å²) in [5.74, 6) is -0.877. The second kappa shape index (κ2) is 5.58. The van der Waals surface area contributed by atoms with Crippen molar-refractivity contribution in [2.45, 2.75) is 11.4 Å². The summed E-state index contributed by atoms with van der Waals surface area (Å²) in [6.07, 6.45) is 2.94. The van der Waals surface area contributed by atoms with E-state index < -0.39 is 31.3 Å². The number of nitrogens with zero attached hydrogens (tertiary/aromatic N) is 3. The molecule has 21 heavy (non-hydrogen) atoms. The number of sulfonamides is 1. The number of nitro groups is 1. The van der Waals surface area contributed by atoms with Crippen molar-refractivity contribution < 1.29 is 17.7 Å². The molecule has 0 spiro atoms. The zero-order chi connectivity index (χ0) is 15.6. The fourth-order valence-corrected chi connectivity index (χ4v) is 3.02. The Kier molecular flexibility index (Phi) is 4.00. The van der Waals surface area contributed by atoms with Crippen LogP contribution in [-0.2, 0) is 16.6 Å². The molecule has 8 nitrogen and oxygen atoms in total. The number of nitrogens with one attached hydrogen (secondary N) is 1. The molecule has 0 atom stereocenters. The monoisotopic (exact) mass is 314 g/mol. The van der Waals surface area contributed by atoms with Crippen LogP contribution in [0.1, 0.15) is 5.56 Å². The molecule has 2 aromatic rings. The number of rotatable bonds is 5. The number of aromatic nitrogens is 2. The number of aromatic amines is 1. The van der Waals surface area contributed by atoms with Gasteiger partial charge >= 0.3 is 0 Å². The van der Waals surface area contributed by atoms with Gasteiger partial charge in [0, 0.05) is 25.4 Å². The van der Waals surface area contributed by atoms with Crippen LogP contribution in [0.4, 0.5) is 10.1 Å². The molecule has 0 amide bonds. The van der Waals surface area contributed by atoms with Crippen molar-refractivity contribution in [3.8, 4) is 0 Å². The quantitative estimate of drug-likeness (QED) is 0.660. The van der Waals surface area contributed by atoms with Gasteiger partial charge in [0.15, 0.2) is 4.90 Å². The van der Waals surface area contributed by atoms with Crippen LogP contribution in [0.5, 0.6) is 0 Å². The van der Waals surface area contributed by atoms with E-state index in [-0.39, 0.29) is 6.54 Å². The van der Waals surface area contributed by atoms with Crippen molar-refractivity contribution in [1.82, 2.24) is 14.5 Å². The fourth-order valence-electron chi connectivity index (χ4n) is 1.73. The van der Waals surface area contributed by atoms with Crippen LogP contribution in [0, 0.1) is 15.9 Å². The van der Waals surface area contributed by atoms with Crippen molar-refractivity contribution in [1.29, 1.82) is 0 Å². The lowest BCUT2D eigenvalue weighted by Crippen LogP contribution is -2.27. The molecular formula is C11H11FN4O4S. The van der Waals surface area contributed by atoms with E-state index in [0.29, 0.717) is 11.6 Å². The molecule has 112 valence electrons. The minimum absolute atomic E-state index is 0.0205. The molecule has 0 aliphatic rings. The average molecular weight is 314 g/mol. The van der Waals surface area contributed by atoms with Crippen molar-refractivity contribution >= 4 is 15.7 Å². The fraction of sp³-hybridized carbons (Fsp3) is 0.182. The zero-order valence-corrected chi connectivity index (χ0v) is 11.7. The number of nitro benzene ring substituents is 1. The second-order valence-electron chi connectivity index (χ2n) is 4.24. The van der Waals surface area contributed by atoms with E-state index in [4.69, 9.17) is 0 Å². The first-order valence-corrected chi connectivity index (χ1v) is 7.14. The Morgan fingerprint density at radius 2 is 2.19 bits per heavy atom. The van der Waals surface area contributed by atoms with Crippen LogP contribution in [-0.4, -0.2) is 34.9 Å². The lowest BCUT2D eigenvalue weighted by molar-refractivity contribution is -0.388. The van der Waals surface area contributed by atoms with Gasteiger partial charge in [0.25, 0.3) is 5.69 Å². The molecule has 1 N–H and O–H groups in total. The summed E-state index contributed by atoms with van der Waals surface area (Å²) in [6.45, 7) is -0.0205. The van der Waals surface area contributed by atoms with Gasteiger partial charge in [-0.15, -0.1) is 0 Å². The molecular weight excluding hydrogens is 303 g/mol. The summed E-state index contributed by atoms with van der Waals surface area (Å²) >= 11 is 0. The highest BCUT2D eigenvalue weighted by Crippen LogP contribution is 2.27. The smallest absolute Gasteiger partial charge is 0.285 e. The van der Waals surface area contributed by atoms with Crippen molar-refractivity contribution in [3.05, 3.63) is 52.1 Å². The third kappa shape index (κ3) is 3.06. The van der Waals surface area contributed by atoms with Gasteiger partial charge in [-0.3, -0.25) is 15.2 Å². The van der Waals surface area contributed by atoms with E-state index in [2.05, 4.69) is 10.2 Å². The first-order valence-electron chi connectivity index (χ1n) is 5.70. The van der Waals surface area contributed by atoms with Crippen LogP contribution in [0.15, 0.2) is 35.5 Å². The Balaban J connectivity index is 2.41. The Morgan fingerprint density at radius 3 is 2.76 bits per heavy atom. The highest BCUT2D eigenvalue weighted by molar-refractivity contribution is 7.89. The normalized spacial score (nSPS) is 11.8. The highest BCUT2D eigenvalue weighted by atomic mass is 32.2. The molecule has 0 saturated carbocycles. The van der Waals surface area contributed by atoms with Gasteiger partial charge in [-0.2, -0.15) is 9.40 Å². The van der Waals surface area contributed by atoms with E-state index in [0.717, 1.165) is 16.4 Å². The van der Waals surface area contributed by atoms with Crippen LogP contribution in [0.25, 0.3) is 0 Å². The van der Waals surface area contributed by atoms with E-state index in [1.165, 1.54) is 19.4 Å². The first-order chi connectivity index (χ1) is 9.82. The maximum Gasteiger partial charge on any atom is 0.292 e. The standard InChI is InChI=1S/C11H11FN4O4S/c1-15(7-8-5-13-14-6-8)21(19,20)11-3-2-9(12)4-10(11)16(17)18/h2-6H,7H2,1H3,(H,13,14). The molecule has 0 fully saturated rings. The van der Waals surface area contributed by atoms with Crippen molar-refractivity contribution in [3.63, 3.8) is 0 Å². The molecule has 0 aliphatic heterocycles. The SMILES string of the molecule is CN(Cc1cn[nH]c1)S(=O)(=O)c1ccc(F)cc1[N+](=O)[O-]. The third-order valence-corrected chi connectivity index (χ3v) is 4.62. The molecule has 0 aliphatic carbocycles. The molecule has 1 heterocycles. The largest absolute Gasteiger partial charge is 0.292 e. The van der Waals surface area contributed by atoms with Gasteiger partial charge in [0.2, 0.25) is 10.0 Å². The van der Waals surface area contributed by atoms with E-state index >= 15 is 0 Å². The minimum atomic E-state index is -4.12. The number of hydrogen-bond acceptors (Lipinski definition) is 5. The highest BCUT2D eigenvalue weighted by Gasteiger charge is 2.30. The van der Waals surface area contributed by atoms with Gasteiger partial charge in [0.05, 0.1) is 17.2 Å². The summed E-state index contributed by atoms with van der Waals surface area (Å²) in [5.41, 5.74) is -0.208. The van der Waals surface area contributed by atoms with Crippen molar-refractivity contribution in [2.24, 2.45) is 0 Å². The van der Waals surface area contributed by atoms with Crippen LogP contribution >= 0.6 is 0 Å². The number of H-pyrrole nitrogens is 1. The molecule has 1 aromatic carbocycles. The van der Waals surface area contributed by atoms with Gasteiger partial charge in [-0.1, -0.05) is 0 Å². The van der Waals surface area contributed by atoms with Crippen LogP contribution in [0.2, 0.25) is 0 Å². The van der Waals surface area contributed by atoms with Gasteiger partial charge in [-0.25, -0.2) is 12.8 Å². The Morgan fingerprint density at radius 1 is 1.48 bits per heavy atom. The molecule has 2 rings (SSSR count). The Labute approximate surface area is 119 Å². The number of halogens is 1. The summed E-state index contributed by atoms with van der Waals surface area (Å²) in [4.78, 5) is 9.42. The third-order valence-electron chi connectivity index (χ3n) is 2.77. The average Bonchev–Trinajstić information content (AvgIpc) is 2.91. The summed E-state index contributed by atoms with van der Waals surface area (Å²) in [6, 6.07) is 2.33. The molecule has 10 heteroatoms. The lowest BCUT2D eigenvalue weighted by atomic mass is 10.3. The predicted molar refractivity (Wildman–Crippen MR) is 70.3 cm³/mol. The maximum absolute atomic E-state index is 13.1. The number of benzene rings is 1. The molecule has 0 bridgehead atoms. The molecule has 1 aromatic heterocycles. The zero-order valence-electron chi connectivity index (χ0n) is 10.9. The van der Waals surface area contributed by atoms with Crippen LogP contribution in [0.3, 0.4) is 0 Å². The molecule has 0 radical (unpaired) electrons. The summed E-state index contributed by atoms with van der Waals surface area (Å²) in [5, 5.41) is 17.1. The Bertz CT molecular complexity index is 761. The lowest BCUT2D eigenvalue weighted by Gasteiger charge is -2.16. The van der Waals surface area contributed by atoms with E-state index in [9.17, 15) is 22.9 Å². The van der Waals surface area contributed by atoms with Gasteiger partial charge in [-0.05, 0) is 12.1 Å². The van der Waals surface area contributed by atoms with Crippen LogP contribution < -0.4 is 0 Å². The van der Waals surface area contributed by atoms with E-state index in [1.54, 1.807) is 0 Å². The summed E-state index contributed by atoms with van der Waals surface area (Å²) < 4.78 is 38.7. The molecule has 0 unspecified atom stereocenters. The topological polar surface area (TPSA) is 109 Å². The van der Waals surface area contributed by atoms with Crippen molar-refractivity contribution in [2.75, 3.05) is 7.05 Å². The maximum atomic E-state index is 13.1. The Hall–Kier alpha value is -2.33. The summed E-state index contributed by atoms with van der Waals surface area (Å²) in [7, 11) is -2.85. The predicted octanol–water partition coefficient (Wildman–Crippen LogP) is 1.28. The van der Waals surface area contributed by atoms with Gasteiger partial charge in [0.1, 0.15) is 5.82 Å². The molecule has 0 saturated heterocycles. The van der Waals surface area contributed by atoms with E-state index in [1.807, 2.05) is 0 Å².